The molecule has 3 saturated carbocycles. The van der Waals surface area contributed by atoms with Crippen molar-refractivity contribution in [1.82, 2.24) is 0 Å². The van der Waals surface area contributed by atoms with Crippen molar-refractivity contribution in [2.45, 2.75) is 260 Å². The van der Waals surface area contributed by atoms with Gasteiger partial charge >= 0.3 is 5.97 Å². The van der Waals surface area contributed by atoms with Crippen LogP contribution in [0.2, 0.25) is 0 Å². The lowest BCUT2D eigenvalue weighted by Gasteiger charge is -2.58. The van der Waals surface area contributed by atoms with E-state index in [1.165, 1.54) is 180 Å². The van der Waals surface area contributed by atoms with E-state index in [2.05, 4.69) is 54.5 Å². The molecule has 314 valence electrons. The van der Waals surface area contributed by atoms with Gasteiger partial charge < -0.3 is 4.74 Å². The summed E-state index contributed by atoms with van der Waals surface area (Å²) in [6.45, 7) is 17.5. The summed E-state index contributed by atoms with van der Waals surface area (Å²) >= 11 is 0. The molecule has 9 atom stereocenters. The fourth-order valence-electron chi connectivity index (χ4n) is 13.2. The highest BCUT2D eigenvalue weighted by Crippen LogP contribution is 2.67. The third-order valence-corrected chi connectivity index (χ3v) is 16.8. The van der Waals surface area contributed by atoms with Gasteiger partial charge in [-0.3, -0.25) is 4.79 Å². The second kappa shape index (κ2) is 24.2. The third kappa shape index (κ3) is 13.4. The molecular weight excluding hydrogens is 657 g/mol. The smallest absolute Gasteiger partial charge is 0.306 e. The average molecular weight is 751 g/mol. The molecule has 54 heavy (non-hydrogen) atoms. The van der Waals surface area contributed by atoms with Gasteiger partial charge in [0.2, 0.25) is 0 Å². The van der Waals surface area contributed by atoms with Crippen molar-refractivity contribution in [1.29, 1.82) is 0 Å². The first-order chi connectivity index (χ1) is 26.1. The Morgan fingerprint density at radius 3 is 1.78 bits per heavy atom. The van der Waals surface area contributed by atoms with Gasteiger partial charge in [0.15, 0.2) is 0 Å². The zero-order chi connectivity index (χ0) is 38.8. The van der Waals surface area contributed by atoms with Gasteiger partial charge in [-0.2, -0.15) is 0 Å². The zero-order valence-corrected chi connectivity index (χ0v) is 37.6. The Bertz CT molecular complexity index is 1060. The number of allylic oxidation sites excluding steroid dienone is 1. The van der Waals surface area contributed by atoms with E-state index < -0.39 is 0 Å². The monoisotopic (exact) mass is 751 g/mol. The van der Waals surface area contributed by atoms with Crippen LogP contribution in [-0.2, 0) is 9.53 Å². The lowest BCUT2D eigenvalue weighted by atomic mass is 9.47. The van der Waals surface area contributed by atoms with E-state index in [1.54, 1.807) is 5.57 Å². The van der Waals surface area contributed by atoms with Gasteiger partial charge in [0, 0.05) is 12.8 Å². The van der Waals surface area contributed by atoms with Crippen LogP contribution in [0.3, 0.4) is 0 Å². The van der Waals surface area contributed by atoms with Crippen molar-refractivity contribution in [3.8, 4) is 0 Å². The summed E-state index contributed by atoms with van der Waals surface area (Å²) in [5, 5.41) is 0. The van der Waals surface area contributed by atoms with Crippen LogP contribution in [0, 0.1) is 52.3 Å². The van der Waals surface area contributed by atoms with E-state index >= 15 is 0 Å². The number of unbranched alkanes of at least 4 members (excludes halogenated alkanes) is 19. The lowest BCUT2D eigenvalue weighted by molar-refractivity contribution is -0.151. The number of hydrogen-bond donors (Lipinski definition) is 0. The van der Waals surface area contributed by atoms with E-state index in [1.807, 2.05) is 0 Å². The van der Waals surface area contributed by atoms with E-state index in [9.17, 15) is 4.79 Å². The molecule has 2 nitrogen and oxygen atoms in total. The van der Waals surface area contributed by atoms with E-state index in [0.29, 0.717) is 17.3 Å². The number of ether oxygens (including phenoxy) is 1. The highest BCUT2D eigenvalue weighted by atomic mass is 16.5. The van der Waals surface area contributed by atoms with Crippen molar-refractivity contribution in [2.75, 3.05) is 0 Å². The van der Waals surface area contributed by atoms with Gasteiger partial charge in [-0.15, -0.1) is 0 Å². The molecule has 2 heteroatoms. The summed E-state index contributed by atoms with van der Waals surface area (Å²) in [6, 6.07) is 0. The number of hydrogen-bond acceptors (Lipinski definition) is 2. The second-order valence-corrected chi connectivity index (χ2v) is 20.8. The Morgan fingerprint density at radius 2 is 1.24 bits per heavy atom. The molecule has 4 aliphatic rings. The summed E-state index contributed by atoms with van der Waals surface area (Å²) in [4.78, 5) is 12.9. The fourth-order valence-corrected chi connectivity index (χ4v) is 13.2. The molecule has 0 heterocycles. The number of esters is 1. The molecule has 0 bridgehead atoms. The minimum atomic E-state index is 0.0681. The third-order valence-electron chi connectivity index (χ3n) is 16.8. The van der Waals surface area contributed by atoms with Gasteiger partial charge in [0.05, 0.1) is 0 Å². The van der Waals surface area contributed by atoms with Crippen LogP contribution in [0.15, 0.2) is 11.6 Å². The molecule has 0 N–H and O–H groups in total. The molecule has 0 aliphatic heterocycles. The van der Waals surface area contributed by atoms with Crippen LogP contribution in [0.5, 0.6) is 0 Å². The van der Waals surface area contributed by atoms with Gasteiger partial charge in [-0.25, -0.2) is 0 Å². The van der Waals surface area contributed by atoms with Crippen molar-refractivity contribution in [2.24, 2.45) is 52.3 Å². The number of carbonyl (C=O) groups excluding carboxylic acids is 1. The van der Waals surface area contributed by atoms with E-state index in [0.717, 1.165) is 60.7 Å². The Labute approximate surface area is 338 Å². The quantitative estimate of drug-likeness (QED) is 0.0452. The first-order valence-electron chi connectivity index (χ1n) is 25.0. The Kier molecular flexibility index (Phi) is 20.6. The fraction of sp³-hybridized carbons (Fsp3) is 0.942. The molecule has 0 radical (unpaired) electrons. The summed E-state index contributed by atoms with van der Waals surface area (Å²) in [7, 11) is 0. The highest BCUT2D eigenvalue weighted by Gasteiger charge is 2.59. The van der Waals surface area contributed by atoms with Crippen molar-refractivity contribution in [3.05, 3.63) is 11.6 Å². The topological polar surface area (TPSA) is 26.3 Å². The first kappa shape index (κ1) is 45.9. The predicted molar refractivity (Wildman–Crippen MR) is 235 cm³/mol. The molecule has 4 rings (SSSR count). The van der Waals surface area contributed by atoms with Crippen LogP contribution >= 0.6 is 0 Å². The lowest BCUT2D eigenvalue weighted by Crippen LogP contribution is -2.51. The first-order valence-corrected chi connectivity index (χ1v) is 25.0. The maximum absolute atomic E-state index is 12.9. The van der Waals surface area contributed by atoms with Crippen LogP contribution in [0.4, 0.5) is 0 Å². The standard InChI is InChI=1S/C52H94O2/c1-8-10-11-12-13-14-15-16-17-18-19-20-21-22-23-24-25-26-27-28-29-50(53)54-45-36-38-51(6)44(40-45)32-33-46-48-35-34-47(52(48,7)39-37-49(46)51)42(5)30-31-43(9-2)41(3)4/h32,41-43,45-49H,8-31,33-40H2,1-7H3. The van der Waals surface area contributed by atoms with Gasteiger partial charge in [-0.1, -0.05) is 195 Å². The molecule has 0 saturated heterocycles. The highest BCUT2D eigenvalue weighted by molar-refractivity contribution is 5.69. The van der Waals surface area contributed by atoms with Crippen molar-refractivity contribution in [3.63, 3.8) is 0 Å². The summed E-state index contributed by atoms with van der Waals surface area (Å²) in [5.74, 6) is 6.17. The Morgan fingerprint density at radius 1 is 0.685 bits per heavy atom. The number of fused-ring (bicyclic) bond motifs is 5. The Hall–Kier alpha value is -0.790. The van der Waals surface area contributed by atoms with Gasteiger partial charge in [-0.05, 0) is 110 Å². The maximum Gasteiger partial charge on any atom is 0.306 e. The molecule has 0 aromatic heterocycles. The largest absolute Gasteiger partial charge is 0.462 e. The predicted octanol–water partition coefficient (Wildman–Crippen LogP) is 16.8. The molecule has 0 amide bonds. The number of rotatable bonds is 28. The maximum atomic E-state index is 12.9. The second-order valence-electron chi connectivity index (χ2n) is 20.8. The van der Waals surface area contributed by atoms with Gasteiger partial charge in [0.25, 0.3) is 0 Å². The SMILES string of the molecule is CCCCCCCCCCCCCCCCCCCCCCC(=O)OC1CCC2(C)C(=CCC3C2CCC2(C)C(C(C)CCC(CC)C(C)C)CCC32)C1. The molecule has 9 unspecified atom stereocenters. The molecule has 3 fully saturated rings. The minimum Gasteiger partial charge on any atom is -0.462 e. The van der Waals surface area contributed by atoms with Crippen molar-refractivity contribution >= 4 is 5.97 Å². The average Bonchev–Trinajstić information content (AvgIpc) is 3.51. The van der Waals surface area contributed by atoms with Gasteiger partial charge in [0.1, 0.15) is 6.10 Å². The zero-order valence-electron chi connectivity index (χ0n) is 37.6. The molecular formula is C52H94O2. The molecule has 0 aromatic rings. The van der Waals surface area contributed by atoms with Crippen molar-refractivity contribution < 1.29 is 9.53 Å². The van der Waals surface area contributed by atoms with Crippen LogP contribution < -0.4 is 0 Å². The Balaban J connectivity index is 1.04. The summed E-state index contributed by atoms with van der Waals surface area (Å²) in [6.07, 6.45) is 45.7. The molecule has 0 spiro atoms. The molecule has 4 aliphatic carbocycles. The van der Waals surface area contributed by atoms with E-state index in [-0.39, 0.29) is 12.1 Å². The van der Waals surface area contributed by atoms with Crippen LogP contribution in [-0.4, -0.2) is 12.1 Å². The molecule has 0 aromatic carbocycles. The summed E-state index contributed by atoms with van der Waals surface area (Å²) in [5.41, 5.74) is 2.52. The van der Waals surface area contributed by atoms with Crippen LogP contribution in [0.1, 0.15) is 254 Å². The normalized spacial score (nSPS) is 30.4. The number of carbonyl (C=O) groups is 1. The van der Waals surface area contributed by atoms with E-state index in [4.69, 9.17) is 4.74 Å². The minimum absolute atomic E-state index is 0.0681. The summed E-state index contributed by atoms with van der Waals surface area (Å²) < 4.78 is 6.17. The van der Waals surface area contributed by atoms with Crippen LogP contribution in [0.25, 0.3) is 0 Å².